The minimum absolute atomic E-state index is 0.0479. The van der Waals surface area contributed by atoms with Crippen molar-refractivity contribution in [1.29, 1.82) is 5.53 Å². The number of esters is 1. The van der Waals surface area contributed by atoms with Gasteiger partial charge in [-0.25, -0.2) is 36.7 Å². The molecule has 0 aliphatic carbocycles. The van der Waals surface area contributed by atoms with E-state index >= 15 is 17.6 Å². The highest BCUT2D eigenvalue weighted by molar-refractivity contribution is 5.85. The van der Waals surface area contributed by atoms with Crippen molar-refractivity contribution in [2.75, 3.05) is 13.2 Å². The van der Waals surface area contributed by atoms with Crippen molar-refractivity contribution in [2.45, 2.75) is 36.5 Å². The summed E-state index contributed by atoms with van der Waals surface area (Å²) in [5.74, 6) is -14.5. The first-order valence-corrected chi connectivity index (χ1v) is 20.1. The lowest BCUT2D eigenvalue weighted by Crippen LogP contribution is -2.48. The molecule has 0 spiro atoms. The molecule has 2 atom stereocenters. The summed E-state index contributed by atoms with van der Waals surface area (Å²) in [5.41, 5.74) is -3.19. The number of hydrogen-bond acceptors (Lipinski definition) is 13. The number of aliphatic hydroxyl groups is 2. The van der Waals surface area contributed by atoms with E-state index in [1.54, 1.807) is 0 Å². The van der Waals surface area contributed by atoms with Crippen LogP contribution in [0.5, 0.6) is 23.0 Å². The van der Waals surface area contributed by atoms with Crippen LogP contribution in [-0.2, 0) is 34.3 Å². The maximum absolute atomic E-state index is 16.0. The summed E-state index contributed by atoms with van der Waals surface area (Å²) in [5, 5.41) is 35.4. The summed E-state index contributed by atoms with van der Waals surface area (Å²) < 4.78 is 135. The molecule has 0 aliphatic heterocycles. The van der Waals surface area contributed by atoms with E-state index in [0.29, 0.717) is 64.0 Å². The number of carbonyl (C=O) groups is 1. The molecule has 2 unspecified atom stereocenters. The highest BCUT2D eigenvalue weighted by Gasteiger charge is 2.59. The minimum atomic E-state index is -4.35. The molecule has 25 heteroatoms. The fourth-order valence-corrected chi connectivity index (χ4v) is 6.49. The summed E-state index contributed by atoms with van der Waals surface area (Å²) in [4.78, 5) is 28.6. The van der Waals surface area contributed by atoms with Gasteiger partial charge in [-0.05, 0) is 90.1 Å². The average molecular weight is 987 g/mol. The summed E-state index contributed by atoms with van der Waals surface area (Å²) in [6.45, 7) is 12.9. The third kappa shape index (κ3) is 11.1. The Hall–Kier alpha value is -9.03. The van der Waals surface area contributed by atoms with Crippen molar-refractivity contribution in [2.24, 2.45) is 5.11 Å². The molecular formula is C46H32F8N11O6+. The summed E-state index contributed by atoms with van der Waals surface area (Å²) in [6, 6.07) is 19.4. The van der Waals surface area contributed by atoms with Crippen LogP contribution in [0, 0.1) is 41.9 Å². The van der Waals surface area contributed by atoms with Crippen LogP contribution < -0.4 is 14.4 Å². The molecule has 7 aromatic rings. The second kappa shape index (κ2) is 21.5. The van der Waals surface area contributed by atoms with E-state index in [9.17, 15) is 32.6 Å². The first kappa shape index (κ1) is 51.4. The van der Waals surface area contributed by atoms with Gasteiger partial charge in [-0.15, -0.1) is 5.10 Å². The van der Waals surface area contributed by atoms with E-state index < -0.39 is 93.7 Å². The van der Waals surface area contributed by atoms with E-state index in [1.165, 1.54) is 55.5 Å². The molecule has 0 bridgehead atoms. The van der Waals surface area contributed by atoms with Crippen LogP contribution in [0.3, 0.4) is 0 Å². The van der Waals surface area contributed by atoms with Crippen LogP contribution in [0.25, 0.3) is 9.69 Å². The predicted octanol–water partition coefficient (Wildman–Crippen LogP) is 9.78. The van der Waals surface area contributed by atoms with Crippen LogP contribution >= 0.6 is 0 Å². The van der Waals surface area contributed by atoms with E-state index in [-0.39, 0.29) is 18.1 Å². The topological polar surface area (TPSA) is 214 Å². The van der Waals surface area contributed by atoms with Crippen molar-refractivity contribution in [1.82, 2.24) is 35.1 Å². The van der Waals surface area contributed by atoms with Gasteiger partial charge >= 0.3 is 17.8 Å². The van der Waals surface area contributed by atoms with Gasteiger partial charge < -0.3 is 24.4 Å². The molecule has 0 saturated heterocycles. The quantitative estimate of drug-likeness (QED) is 0.0272. The molecule has 7 rings (SSSR count). The van der Waals surface area contributed by atoms with Crippen molar-refractivity contribution in [3.05, 3.63) is 196 Å². The zero-order chi connectivity index (χ0) is 51.6. The third-order valence-electron chi connectivity index (χ3n) is 10.1. The molecule has 0 fully saturated rings. The monoisotopic (exact) mass is 986 g/mol. The lowest BCUT2D eigenvalue weighted by atomic mass is 9.84. The molecule has 0 amide bonds. The van der Waals surface area contributed by atoms with Crippen molar-refractivity contribution in [3.8, 4) is 23.0 Å². The zero-order valence-corrected chi connectivity index (χ0v) is 36.2. The standard InChI is InChI=1S/C25H18F4N6O4.C21H14F4N5O2/c1-3-38-23(36)22-32-33-34-35(22)14-24(37,19-10-4-15(26)12-20(19)27)25(28,29)21-11-9-18(13-31-21)39-17-7-5-16(30-2)6-8-17;1-27-14-3-5-15(6-4-14)32-16-7-9-19(28-11-16)21(24,25)20(31,12-29-30-26)17-8-2-13(22)10-18(17)23/h4-13,37H,3,14H2,1H3;2-11,26,31H,12H2/q;+1. The third-order valence-corrected chi connectivity index (χ3v) is 10.1. The zero-order valence-electron chi connectivity index (χ0n) is 36.2. The van der Waals surface area contributed by atoms with Gasteiger partial charge in [0.2, 0.25) is 4.91 Å². The van der Waals surface area contributed by atoms with Gasteiger partial charge in [0.1, 0.15) is 68.3 Å². The molecule has 0 aliphatic rings. The molecule has 71 heavy (non-hydrogen) atoms. The molecule has 3 heterocycles. The lowest BCUT2D eigenvalue weighted by molar-refractivity contribution is -0.208. The SMILES string of the molecule is [C-]#[N+]c1ccc(Oc2ccc(C(F)(F)C(O)(CN=[N+]=N)c3ccc(F)cc3F)nc2)cc1.[C-]#[N+]c1ccc(Oc2ccc(C(F)(F)C(O)(Cn3nnnc3C(=O)OCC)c3ccc(F)cc3F)nc2)cc1. The smallest absolute Gasteiger partial charge is 0.378 e. The van der Waals surface area contributed by atoms with Gasteiger partial charge in [0.25, 0.3) is 5.82 Å². The van der Waals surface area contributed by atoms with Gasteiger partial charge in [-0.2, -0.15) is 17.6 Å². The number of nitrogens with one attached hydrogen (secondary N) is 1. The number of alkyl halides is 4. The maximum atomic E-state index is 16.0. The summed E-state index contributed by atoms with van der Waals surface area (Å²) in [7, 11) is 0. The fourth-order valence-electron chi connectivity index (χ4n) is 6.49. The van der Waals surface area contributed by atoms with Crippen molar-refractivity contribution in [3.63, 3.8) is 0 Å². The molecule has 0 radical (unpaired) electrons. The molecule has 4 aromatic carbocycles. The largest absolute Gasteiger partial charge is 0.460 e. The lowest BCUT2D eigenvalue weighted by Gasteiger charge is -2.36. The summed E-state index contributed by atoms with van der Waals surface area (Å²) in [6.07, 6.45) is 1.92. The fraction of sp³-hybridized carbons (Fsp3) is 0.174. The first-order valence-electron chi connectivity index (χ1n) is 20.1. The Morgan fingerprint density at radius 3 is 1.55 bits per heavy atom. The van der Waals surface area contributed by atoms with Crippen LogP contribution in [-0.4, -0.2) is 59.5 Å². The Morgan fingerprint density at radius 2 is 1.14 bits per heavy atom. The number of aromatic nitrogens is 6. The highest BCUT2D eigenvalue weighted by Crippen LogP contribution is 2.48. The normalized spacial score (nSPS) is 12.9. The number of tetrazole rings is 1. The van der Waals surface area contributed by atoms with Crippen LogP contribution in [0.1, 0.15) is 40.1 Å². The Balaban J connectivity index is 0.000000237. The number of hydrogen-bond donors (Lipinski definition) is 3. The second-order valence-corrected chi connectivity index (χ2v) is 14.6. The number of carbonyl (C=O) groups excluding carboxylic acids is 1. The van der Waals surface area contributed by atoms with Crippen molar-refractivity contribution < 1.29 is 64.3 Å². The van der Waals surface area contributed by atoms with Gasteiger partial charge in [-0.3, -0.25) is 9.97 Å². The van der Waals surface area contributed by atoms with E-state index in [2.05, 4.69) is 45.2 Å². The molecule has 3 aromatic heterocycles. The molecule has 0 saturated carbocycles. The Kier molecular flexibility index (Phi) is 15.6. The van der Waals surface area contributed by atoms with E-state index in [0.717, 1.165) is 36.7 Å². The van der Waals surface area contributed by atoms with Gasteiger partial charge in [-0.1, -0.05) is 24.3 Å². The number of nitrogens with zero attached hydrogens (tertiary/aromatic N) is 10. The van der Waals surface area contributed by atoms with E-state index in [1.807, 2.05) is 0 Å². The van der Waals surface area contributed by atoms with Gasteiger partial charge in [0, 0.05) is 23.3 Å². The van der Waals surface area contributed by atoms with Gasteiger partial charge in [0.15, 0.2) is 29.1 Å². The highest BCUT2D eigenvalue weighted by atomic mass is 19.3. The van der Waals surface area contributed by atoms with Crippen LogP contribution in [0.4, 0.5) is 46.5 Å². The number of benzene rings is 4. The predicted molar refractivity (Wildman–Crippen MR) is 228 cm³/mol. The number of rotatable bonds is 16. The Morgan fingerprint density at radius 1 is 0.690 bits per heavy atom. The molecular weight excluding hydrogens is 955 g/mol. The van der Waals surface area contributed by atoms with Crippen LogP contribution in [0.15, 0.2) is 127 Å². The molecule has 362 valence electrons. The first-order chi connectivity index (χ1) is 33.8. The number of halogens is 8. The van der Waals surface area contributed by atoms with Crippen molar-refractivity contribution >= 4 is 17.3 Å². The Bertz CT molecular complexity index is 3150. The van der Waals surface area contributed by atoms with E-state index in [4.69, 9.17) is 32.9 Å². The minimum Gasteiger partial charge on any atom is -0.460 e. The van der Waals surface area contributed by atoms with Gasteiger partial charge in [0.05, 0.1) is 38.7 Å². The maximum Gasteiger partial charge on any atom is 0.378 e. The number of pyridine rings is 2. The average Bonchev–Trinajstić information content (AvgIpc) is 3.82. The summed E-state index contributed by atoms with van der Waals surface area (Å²) >= 11 is 0. The Labute approximate surface area is 395 Å². The van der Waals surface area contributed by atoms with Crippen LogP contribution in [0.2, 0.25) is 0 Å². The molecule has 17 nitrogen and oxygen atoms in total. The second-order valence-electron chi connectivity index (χ2n) is 14.6. The number of ether oxygens (including phenoxy) is 3. The molecule has 3 N–H and O–H groups in total.